The molecule has 1 aromatic carbocycles. The van der Waals surface area contributed by atoms with Gasteiger partial charge in [0, 0.05) is 16.7 Å². The third-order valence-electron chi connectivity index (χ3n) is 3.65. The van der Waals surface area contributed by atoms with E-state index in [4.69, 9.17) is 9.84 Å². The Morgan fingerprint density at radius 3 is 2.83 bits per heavy atom. The highest BCUT2D eigenvalue weighted by atomic mass is 79.9. The molecule has 7 heteroatoms. The van der Waals surface area contributed by atoms with E-state index in [0.29, 0.717) is 0 Å². The third kappa shape index (κ3) is 3.73. The molecule has 124 valence electrons. The van der Waals surface area contributed by atoms with Gasteiger partial charge in [0.15, 0.2) is 0 Å². The number of nitrogens with one attached hydrogen (secondary N) is 1. The SMILES string of the molecule is CCc1cc(NC2=C(C(=O)OC)CN(CCO)C2=O)ccc1Br. The summed E-state index contributed by atoms with van der Waals surface area (Å²) in [6.07, 6.45) is 0.837. The van der Waals surface area contributed by atoms with Crippen LogP contribution in [0.4, 0.5) is 5.69 Å². The van der Waals surface area contributed by atoms with Gasteiger partial charge in [0.25, 0.3) is 5.91 Å². The Bertz CT molecular complexity index is 657. The number of rotatable bonds is 6. The Balaban J connectivity index is 2.33. The Morgan fingerprint density at radius 1 is 1.48 bits per heavy atom. The number of aryl methyl sites for hydroxylation is 1. The highest BCUT2D eigenvalue weighted by Crippen LogP contribution is 2.26. The lowest BCUT2D eigenvalue weighted by Crippen LogP contribution is -2.31. The number of aliphatic hydroxyl groups excluding tert-OH is 1. The normalized spacial score (nSPS) is 14.4. The number of β-amino-alcohol motifs (C(OH)–C–C–N with tert-alkyl or cyclic N) is 1. The second-order valence-electron chi connectivity index (χ2n) is 5.08. The van der Waals surface area contributed by atoms with Crippen molar-refractivity contribution in [2.45, 2.75) is 13.3 Å². The molecule has 0 saturated carbocycles. The molecule has 0 spiro atoms. The Kier molecular flexibility index (Phi) is 5.79. The van der Waals surface area contributed by atoms with Crippen molar-refractivity contribution < 1.29 is 19.4 Å². The fourth-order valence-electron chi connectivity index (χ4n) is 2.42. The first-order chi connectivity index (χ1) is 11.0. The predicted molar refractivity (Wildman–Crippen MR) is 89.9 cm³/mol. The minimum absolute atomic E-state index is 0.131. The zero-order chi connectivity index (χ0) is 17.0. The number of hydrogen-bond donors (Lipinski definition) is 2. The van der Waals surface area contributed by atoms with Gasteiger partial charge in [-0.3, -0.25) is 4.79 Å². The molecule has 0 fully saturated rings. The number of methoxy groups -OCH3 is 1. The van der Waals surface area contributed by atoms with E-state index in [0.717, 1.165) is 22.1 Å². The molecule has 1 aromatic rings. The lowest BCUT2D eigenvalue weighted by molar-refractivity contribution is -0.136. The van der Waals surface area contributed by atoms with Crippen LogP contribution in [0.15, 0.2) is 33.9 Å². The lowest BCUT2D eigenvalue weighted by atomic mass is 10.1. The van der Waals surface area contributed by atoms with Crippen LogP contribution < -0.4 is 5.32 Å². The van der Waals surface area contributed by atoms with Crippen molar-refractivity contribution in [2.24, 2.45) is 0 Å². The molecule has 0 radical (unpaired) electrons. The van der Waals surface area contributed by atoms with Crippen LogP contribution in [0, 0.1) is 0 Å². The average molecular weight is 383 g/mol. The molecule has 1 aliphatic rings. The number of esters is 1. The van der Waals surface area contributed by atoms with Crippen LogP contribution in [0.3, 0.4) is 0 Å². The van der Waals surface area contributed by atoms with Crippen LogP contribution >= 0.6 is 15.9 Å². The van der Waals surface area contributed by atoms with Crippen molar-refractivity contribution in [1.82, 2.24) is 4.90 Å². The molecule has 0 bridgehead atoms. The molecule has 23 heavy (non-hydrogen) atoms. The lowest BCUT2D eigenvalue weighted by Gasteiger charge is -2.15. The van der Waals surface area contributed by atoms with Crippen molar-refractivity contribution in [3.05, 3.63) is 39.5 Å². The Labute approximate surface area is 143 Å². The minimum atomic E-state index is -0.547. The predicted octanol–water partition coefficient (Wildman–Crippen LogP) is 1.68. The monoisotopic (exact) mass is 382 g/mol. The number of benzene rings is 1. The van der Waals surface area contributed by atoms with E-state index in [-0.39, 0.29) is 36.9 Å². The summed E-state index contributed by atoms with van der Waals surface area (Å²) in [5.74, 6) is -0.866. The summed E-state index contributed by atoms with van der Waals surface area (Å²) in [6.45, 7) is 2.18. The maximum atomic E-state index is 12.4. The Hall–Kier alpha value is -1.86. The highest BCUT2D eigenvalue weighted by Gasteiger charge is 2.34. The first kappa shape index (κ1) is 17.5. The van der Waals surface area contributed by atoms with Crippen LogP contribution in [-0.4, -0.2) is 48.7 Å². The van der Waals surface area contributed by atoms with Crippen LogP contribution in [-0.2, 0) is 20.7 Å². The van der Waals surface area contributed by atoms with Gasteiger partial charge in [0.1, 0.15) is 5.70 Å². The van der Waals surface area contributed by atoms with Crippen LogP contribution in [0.2, 0.25) is 0 Å². The van der Waals surface area contributed by atoms with Crippen LogP contribution in [0.5, 0.6) is 0 Å². The number of ether oxygens (including phenoxy) is 1. The molecule has 2 N–H and O–H groups in total. The quantitative estimate of drug-likeness (QED) is 0.731. The number of hydrogen-bond acceptors (Lipinski definition) is 5. The molecule has 0 saturated heterocycles. The van der Waals surface area contributed by atoms with Gasteiger partial charge in [-0.1, -0.05) is 22.9 Å². The van der Waals surface area contributed by atoms with E-state index in [1.165, 1.54) is 12.0 Å². The Morgan fingerprint density at radius 2 is 2.22 bits per heavy atom. The van der Waals surface area contributed by atoms with Crippen molar-refractivity contribution >= 4 is 33.5 Å². The number of carbonyl (C=O) groups excluding carboxylic acids is 2. The largest absolute Gasteiger partial charge is 0.466 e. The summed E-state index contributed by atoms with van der Waals surface area (Å²) >= 11 is 3.47. The number of aliphatic hydroxyl groups is 1. The zero-order valence-electron chi connectivity index (χ0n) is 13.1. The zero-order valence-corrected chi connectivity index (χ0v) is 14.6. The van der Waals surface area contributed by atoms with Gasteiger partial charge < -0.3 is 20.1 Å². The van der Waals surface area contributed by atoms with Crippen LogP contribution in [0.25, 0.3) is 0 Å². The maximum Gasteiger partial charge on any atom is 0.337 e. The molecule has 2 rings (SSSR count). The highest BCUT2D eigenvalue weighted by molar-refractivity contribution is 9.10. The van der Waals surface area contributed by atoms with E-state index in [1.54, 1.807) is 0 Å². The first-order valence-corrected chi connectivity index (χ1v) is 8.08. The van der Waals surface area contributed by atoms with E-state index in [1.807, 2.05) is 25.1 Å². The molecule has 1 aliphatic heterocycles. The van der Waals surface area contributed by atoms with Gasteiger partial charge in [0.05, 0.1) is 25.8 Å². The second kappa shape index (κ2) is 7.61. The molecule has 6 nitrogen and oxygen atoms in total. The van der Waals surface area contributed by atoms with Gasteiger partial charge >= 0.3 is 5.97 Å². The fourth-order valence-corrected chi connectivity index (χ4v) is 2.94. The topological polar surface area (TPSA) is 78.9 Å². The smallest absolute Gasteiger partial charge is 0.337 e. The summed E-state index contributed by atoms with van der Waals surface area (Å²) in [4.78, 5) is 25.8. The van der Waals surface area contributed by atoms with Gasteiger partial charge in [-0.2, -0.15) is 0 Å². The maximum absolute atomic E-state index is 12.4. The average Bonchev–Trinajstić information content (AvgIpc) is 2.85. The summed E-state index contributed by atoms with van der Waals surface area (Å²) in [6, 6.07) is 5.64. The molecule has 0 aliphatic carbocycles. The van der Waals surface area contributed by atoms with Gasteiger partial charge in [-0.25, -0.2) is 4.79 Å². The van der Waals surface area contributed by atoms with E-state index < -0.39 is 5.97 Å². The number of nitrogens with zero attached hydrogens (tertiary/aromatic N) is 1. The van der Waals surface area contributed by atoms with Gasteiger partial charge in [-0.05, 0) is 30.2 Å². The fraction of sp³-hybridized carbons (Fsp3) is 0.375. The number of amides is 1. The summed E-state index contributed by atoms with van der Waals surface area (Å²) in [5, 5.41) is 12.1. The van der Waals surface area contributed by atoms with E-state index in [9.17, 15) is 9.59 Å². The molecule has 1 amide bonds. The number of anilines is 1. The third-order valence-corrected chi connectivity index (χ3v) is 4.42. The standard InChI is InChI=1S/C16H19BrN2O4/c1-3-10-8-11(4-5-13(10)17)18-14-12(16(22)23-2)9-19(6-7-20)15(14)21/h4-5,8,18,20H,3,6-7,9H2,1-2H3. The molecule has 0 aromatic heterocycles. The summed E-state index contributed by atoms with van der Waals surface area (Å²) < 4.78 is 5.75. The van der Waals surface area contributed by atoms with Crippen molar-refractivity contribution in [1.29, 1.82) is 0 Å². The van der Waals surface area contributed by atoms with Crippen LogP contribution in [0.1, 0.15) is 12.5 Å². The molecule has 0 unspecified atom stereocenters. The van der Waals surface area contributed by atoms with Crippen molar-refractivity contribution in [3.8, 4) is 0 Å². The van der Waals surface area contributed by atoms with Gasteiger partial charge in [-0.15, -0.1) is 0 Å². The molecule has 0 atom stereocenters. The number of halogens is 1. The molecular formula is C16H19BrN2O4. The summed E-state index contributed by atoms with van der Waals surface area (Å²) in [7, 11) is 1.28. The van der Waals surface area contributed by atoms with Crippen molar-refractivity contribution in [2.75, 3.05) is 32.1 Å². The summed E-state index contributed by atoms with van der Waals surface area (Å²) in [5.41, 5.74) is 2.29. The second-order valence-corrected chi connectivity index (χ2v) is 5.93. The van der Waals surface area contributed by atoms with E-state index in [2.05, 4.69) is 21.2 Å². The minimum Gasteiger partial charge on any atom is -0.466 e. The molecular weight excluding hydrogens is 364 g/mol. The molecule has 1 heterocycles. The van der Waals surface area contributed by atoms with Gasteiger partial charge in [0.2, 0.25) is 0 Å². The van der Waals surface area contributed by atoms with E-state index >= 15 is 0 Å². The first-order valence-electron chi connectivity index (χ1n) is 7.28. The number of carbonyl (C=O) groups is 2. The van der Waals surface area contributed by atoms with Crippen molar-refractivity contribution in [3.63, 3.8) is 0 Å².